The summed E-state index contributed by atoms with van der Waals surface area (Å²) in [5, 5.41) is 4.06. The summed E-state index contributed by atoms with van der Waals surface area (Å²) in [5.41, 5.74) is 2.19. The van der Waals surface area contributed by atoms with Crippen LogP contribution in [0.2, 0.25) is 0 Å². The standard InChI is InChI=1S/C18H27N3O2/c1-4-5-6-18(22)21-10-15-7-8-16(21)11-20(9-15)12-17-13(2)19-23-14(17)3/h4-5,15-16H,6-12H2,1-3H3/b5-4+/t15-,16+/m0/s1. The summed E-state index contributed by atoms with van der Waals surface area (Å²) in [5.74, 6) is 1.78. The Morgan fingerprint density at radius 3 is 2.83 bits per heavy atom. The number of amides is 1. The molecule has 0 saturated carbocycles. The SMILES string of the molecule is C/C=C/CC(=O)N1C[C@H]2CC[C@@H]1CN(Cc1c(C)noc1C)C2. The van der Waals surface area contributed by atoms with Gasteiger partial charge in [-0.1, -0.05) is 17.3 Å². The Kier molecular flexibility index (Phi) is 4.85. The van der Waals surface area contributed by atoms with Gasteiger partial charge in [0.2, 0.25) is 5.91 Å². The van der Waals surface area contributed by atoms with E-state index in [2.05, 4.69) is 15.0 Å². The molecule has 126 valence electrons. The van der Waals surface area contributed by atoms with E-state index < -0.39 is 0 Å². The second kappa shape index (κ2) is 6.87. The molecule has 3 aliphatic heterocycles. The van der Waals surface area contributed by atoms with Gasteiger partial charge < -0.3 is 9.42 Å². The number of hydrogen-bond acceptors (Lipinski definition) is 4. The van der Waals surface area contributed by atoms with Crippen LogP contribution in [0.1, 0.15) is 43.2 Å². The van der Waals surface area contributed by atoms with Crippen LogP contribution in [0.4, 0.5) is 0 Å². The Balaban J connectivity index is 1.70. The highest BCUT2D eigenvalue weighted by molar-refractivity contribution is 5.78. The first-order chi connectivity index (χ1) is 11.1. The van der Waals surface area contributed by atoms with E-state index in [4.69, 9.17) is 4.52 Å². The highest BCUT2D eigenvalue weighted by atomic mass is 16.5. The van der Waals surface area contributed by atoms with Crippen molar-refractivity contribution >= 4 is 5.91 Å². The molecule has 1 amide bonds. The van der Waals surface area contributed by atoms with Gasteiger partial charge in [-0.15, -0.1) is 0 Å². The second-order valence-electron chi connectivity index (χ2n) is 6.91. The quantitative estimate of drug-likeness (QED) is 0.801. The lowest BCUT2D eigenvalue weighted by Gasteiger charge is -2.36. The minimum atomic E-state index is 0.275. The molecule has 0 aromatic carbocycles. The van der Waals surface area contributed by atoms with Gasteiger partial charge in [0.25, 0.3) is 0 Å². The van der Waals surface area contributed by atoms with Crippen LogP contribution in [-0.2, 0) is 11.3 Å². The lowest BCUT2D eigenvalue weighted by Crippen LogP contribution is -2.47. The van der Waals surface area contributed by atoms with E-state index in [1.165, 1.54) is 12.0 Å². The Morgan fingerprint density at radius 2 is 2.13 bits per heavy atom. The Bertz CT molecular complexity index is 574. The fourth-order valence-corrected chi connectivity index (χ4v) is 3.90. The molecule has 0 radical (unpaired) electrons. The van der Waals surface area contributed by atoms with E-state index in [-0.39, 0.29) is 5.91 Å². The van der Waals surface area contributed by atoms with Crippen LogP contribution < -0.4 is 0 Å². The van der Waals surface area contributed by atoms with Gasteiger partial charge in [0.05, 0.1) is 5.69 Å². The van der Waals surface area contributed by atoms with Crippen molar-refractivity contribution < 1.29 is 9.32 Å². The fourth-order valence-electron chi connectivity index (χ4n) is 3.90. The Morgan fingerprint density at radius 1 is 1.30 bits per heavy atom. The number of allylic oxidation sites excluding steroid dienone is 1. The molecule has 5 nitrogen and oxygen atoms in total. The zero-order valence-electron chi connectivity index (χ0n) is 14.4. The van der Waals surface area contributed by atoms with Crippen molar-refractivity contribution in [3.05, 3.63) is 29.2 Å². The Labute approximate surface area is 138 Å². The molecule has 2 atom stereocenters. The molecule has 4 heterocycles. The van der Waals surface area contributed by atoms with Crippen molar-refractivity contribution in [2.45, 2.75) is 52.6 Å². The summed E-state index contributed by atoms with van der Waals surface area (Å²) in [6.45, 7) is 9.77. The number of fused-ring (bicyclic) bond motifs is 4. The van der Waals surface area contributed by atoms with Gasteiger partial charge >= 0.3 is 0 Å². The number of carbonyl (C=O) groups is 1. The summed E-state index contributed by atoms with van der Waals surface area (Å²) < 4.78 is 5.29. The highest BCUT2D eigenvalue weighted by Gasteiger charge is 2.36. The van der Waals surface area contributed by atoms with E-state index in [9.17, 15) is 4.79 Å². The van der Waals surface area contributed by atoms with Crippen LogP contribution in [0, 0.1) is 19.8 Å². The molecule has 5 heteroatoms. The smallest absolute Gasteiger partial charge is 0.226 e. The molecule has 3 aliphatic rings. The van der Waals surface area contributed by atoms with Crippen LogP contribution in [0.3, 0.4) is 0 Å². The fraction of sp³-hybridized carbons (Fsp3) is 0.667. The number of aryl methyl sites for hydroxylation is 2. The van der Waals surface area contributed by atoms with Gasteiger partial charge in [-0.3, -0.25) is 9.69 Å². The normalized spacial score (nSPS) is 25.3. The average molecular weight is 317 g/mol. The van der Waals surface area contributed by atoms with Crippen molar-refractivity contribution in [3.8, 4) is 0 Å². The molecule has 0 spiro atoms. The first-order valence-corrected chi connectivity index (χ1v) is 8.63. The molecule has 1 aromatic rings. The zero-order chi connectivity index (χ0) is 16.4. The summed E-state index contributed by atoms with van der Waals surface area (Å²) in [7, 11) is 0. The molecule has 0 unspecified atom stereocenters. The number of piperidine rings is 1. The van der Waals surface area contributed by atoms with Crippen LogP contribution in [0.25, 0.3) is 0 Å². The number of carbonyl (C=O) groups excluding carboxylic acids is 1. The predicted molar refractivity (Wildman–Crippen MR) is 88.9 cm³/mol. The minimum absolute atomic E-state index is 0.275. The molecule has 0 N–H and O–H groups in total. The van der Waals surface area contributed by atoms with Crippen LogP contribution in [0.15, 0.2) is 16.7 Å². The van der Waals surface area contributed by atoms with E-state index in [0.717, 1.165) is 44.1 Å². The third-order valence-corrected chi connectivity index (χ3v) is 5.20. The minimum Gasteiger partial charge on any atom is -0.361 e. The number of nitrogens with zero attached hydrogens (tertiary/aromatic N) is 3. The monoisotopic (exact) mass is 317 g/mol. The molecule has 1 aromatic heterocycles. The third kappa shape index (κ3) is 3.50. The summed E-state index contributed by atoms with van der Waals surface area (Å²) in [6.07, 6.45) is 6.81. The topological polar surface area (TPSA) is 49.6 Å². The van der Waals surface area contributed by atoms with Gasteiger partial charge in [-0.05, 0) is 39.5 Å². The second-order valence-corrected chi connectivity index (χ2v) is 6.91. The average Bonchev–Trinajstić information content (AvgIpc) is 2.74. The number of aromatic nitrogens is 1. The third-order valence-electron chi connectivity index (χ3n) is 5.20. The Hall–Kier alpha value is -1.62. The molecular weight excluding hydrogens is 290 g/mol. The van der Waals surface area contributed by atoms with Crippen molar-refractivity contribution in [1.29, 1.82) is 0 Å². The maximum absolute atomic E-state index is 12.5. The van der Waals surface area contributed by atoms with Gasteiger partial charge in [0.15, 0.2) is 0 Å². The summed E-state index contributed by atoms with van der Waals surface area (Å²) in [6, 6.07) is 0.354. The highest BCUT2D eigenvalue weighted by Crippen LogP contribution is 2.30. The molecular formula is C18H27N3O2. The predicted octanol–water partition coefficient (Wildman–Crippen LogP) is 2.68. The van der Waals surface area contributed by atoms with E-state index in [0.29, 0.717) is 18.4 Å². The van der Waals surface area contributed by atoms with Gasteiger partial charge in [-0.25, -0.2) is 0 Å². The summed E-state index contributed by atoms with van der Waals surface area (Å²) in [4.78, 5) is 17.1. The zero-order valence-corrected chi connectivity index (χ0v) is 14.4. The van der Waals surface area contributed by atoms with Gasteiger partial charge in [0.1, 0.15) is 5.76 Å². The maximum atomic E-state index is 12.5. The van der Waals surface area contributed by atoms with E-state index in [1.54, 1.807) is 0 Å². The molecule has 4 rings (SSSR count). The molecule has 2 bridgehead atoms. The van der Waals surface area contributed by atoms with Crippen molar-refractivity contribution in [2.24, 2.45) is 5.92 Å². The van der Waals surface area contributed by atoms with E-state index >= 15 is 0 Å². The summed E-state index contributed by atoms with van der Waals surface area (Å²) >= 11 is 0. The molecule has 3 saturated heterocycles. The van der Waals surface area contributed by atoms with Crippen molar-refractivity contribution in [2.75, 3.05) is 19.6 Å². The van der Waals surface area contributed by atoms with Crippen LogP contribution in [0.5, 0.6) is 0 Å². The maximum Gasteiger partial charge on any atom is 0.226 e. The van der Waals surface area contributed by atoms with Gasteiger partial charge in [0, 0.05) is 44.2 Å². The first-order valence-electron chi connectivity index (χ1n) is 8.63. The van der Waals surface area contributed by atoms with Gasteiger partial charge in [-0.2, -0.15) is 0 Å². The lowest BCUT2D eigenvalue weighted by atomic mass is 9.94. The first kappa shape index (κ1) is 16.2. The molecule has 0 aliphatic carbocycles. The number of rotatable bonds is 4. The van der Waals surface area contributed by atoms with Crippen LogP contribution >= 0.6 is 0 Å². The molecule has 23 heavy (non-hydrogen) atoms. The van der Waals surface area contributed by atoms with Crippen LogP contribution in [-0.4, -0.2) is 46.5 Å². The molecule has 3 fully saturated rings. The lowest BCUT2D eigenvalue weighted by molar-refractivity contribution is -0.134. The largest absolute Gasteiger partial charge is 0.361 e. The number of hydrogen-bond donors (Lipinski definition) is 0. The van der Waals surface area contributed by atoms with Crippen molar-refractivity contribution in [3.63, 3.8) is 0 Å². The van der Waals surface area contributed by atoms with E-state index in [1.807, 2.05) is 32.9 Å². The van der Waals surface area contributed by atoms with Crippen molar-refractivity contribution in [1.82, 2.24) is 15.0 Å².